The van der Waals surface area contributed by atoms with E-state index in [-0.39, 0.29) is 6.42 Å². The Morgan fingerprint density at radius 2 is 1.92 bits per heavy atom. The van der Waals surface area contributed by atoms with Crippen LogP contribution in [0.3, 0.4) is 0 Å². The van der Waals surface area contributed by atoms with Gasteiger partial charge >= 0.3 is 5.97 Å². The minimum absolute atomic E-state index is 0.109. The molecule has 6 heteroatoms. The Labute approximate surface area is 136 Å². The van der Waals surface area contributed by atoms with Gasteiger partial charge in [-0.1, -0.05) is 36.4 Å². The minimum Gasteiger partial charge on any atom is -0.479 e. The average Bonchev–Trinajstić information content (AvgIpc) is 3.00. The first-order chi connectivity index (χ1) is 11.6. The number of nitrogens with zero attached hydrogens (tertiary/aromatic N) is 1. The molecule has 0 spiro atoms. The number of isocyanates is 1. The van der Waals surface area contributed by atoms with Crippen molar-refractivity contribution in [3.05, 3.63) is 71.8 Å². The van der Waals surface area contributed by atoms with Gasteiger partial charge in [-0.25, -0.2) is 14.0 Å². The van der Waals surface area contributed by atoms with Gasteiger partial charge in [-0.05, 0) is 23.1 Å². The molecule has 0 radical (unpaired) electrons. The zero-order valence-electron chi connectivity index (χ0n) is 12.5. The summed E-state index contributed by atoms with van der Waals surface area (Å²) in [6, 6.07) is 12.6. The third kappa shape index (κ3) is 2.59. The highest BCUT2D eigenvalue weighted by Gasteiger charge is 2.43. The Hall–Kier alpha value is -3.24. The molecule has 0 saturated carbocycles. The lowest BCUT2D eigenvalue weighted by molar-refractivity contribution is -0.143. The summed E-state index contributed by atoms with van der Waals surface area (Å²) in [5.74, 6) is -1.72. The van der Waals surface area contributed by atoms with Crippen molar-refractivity contribution < 1.29 is 19.1 Å². The zero-order valence-corrected chi connectivity index (χ0v) is 12.5. The van der Waals surface area contributed by atoms with E-state index in [9.17, 15) is 19.1 Å². The van der Waals surface area contributed by atoms with E-state index in [1.807, 2.05) is 12.1 Å². The summed E-state index contributed by atoms with van der Waals surface area (Å²) in [5.41, 5.74) is -1.03. The number of carboxylic acid groups (broad SMARTS) is 1. The van der Waals surface area contributed by atoms with Crippen molar-refractivity contribution in [3.63, 3.8) is 0 Å². The number of H-pyrrole nitrogens is 1. The lowest BCUT2D eigenvalue weighted by atomic mass is 9.86. The number of aliphatic carboxylic acids is 1. The normalized spacial score (nSPS) is 13.2. The number of benzene rings is 2. The number of hydrogen-bond donors (Lipinski definition) is 2. The highest BCUT2D eigenvalue weighted by Crippen LogP contribution is 2.34. The van der Waals surface area contributed by atoms with Gasteiger partial charge in [0.05, 0.1) is 5.69 Å². The predicted octanol–water partition coefficient (Wildman–Crippen LogP) is 3.17. The minimum atomic E-state index is -1.86. The molecule has 0 aliphatic rings. The summed E-state index contributed by atoms with van der Waals surface area (Å²) in [6.07, 6.45) is 2.93. The Balaban J connectivity index is 2.20. The molecular formula is C18H13FN2O3. The first-order valence-electron chi connectivity index (χ1n) is 7.20. The summed E-state index contributed by atoms with van der Waals surface area (Å²) in [7, 11) is 0. The van der Waals surface area contributed by atoms with E-state index in [0.29, 0.717) is 16.6 Å². The first-order valence-corrected chi connectivity index (χ1v) is 7.20. The van der Waals surface area contributed by atoms with E-state index >= 15 is 0 Å². The monoisotopic (exact) mass is 324 g/mol. The van der Waals surface area contributed by atoms with Crippen molar-refractivity contribution in [1.29, 1.82) is 0 Å². The zero-order chi connectivity index (χ0) is 17.2. The van der Waals surface area contributed by atoms with Crippen molar-refractivity contribution in [3.8, 4) is 0 Å². The molecule has 0 unspecified atom stereocenters. The van der Waals surface area contributed by atoms with Crippen LogP contribution >= 0.6 is 0 Å². The summed E-state index contributed by atoms with van der Waals surface area (Å²) in [6.45, 7) is 0. The quantitative estimate of drug-likeness (QED) is 0.558. The Kier molecular flexibility index (Phi) is 3.98. The molecule has 2 aromatic carbocycles. The van der Waals surface area contributed by atoms with Gasteiger partial charge in [0, 0.05) is 18.0 Å². The highest BCUT2D eigenvalue weighted by atomic mass is 19.1. The van der Waals surface area contributed by atoms with Crippen molar-refractivity contribution in [2.45, 2.75) is 12.0 Å². The molecule has 0 saturated heterocycles. The van der Waals surface area contributed by atoms with Crippen LogP contribution in [0.1, 0.15) is 11.3 Å². The average molecular weight is 324 g/mol. The molecular weight excluding hydrogens is 311 g/mol. The number of aromatic nitrogens is 1. The SMILES string of the molecule is O=C=N[C@@](Cc1ccc(F)cc1)(C(=O)O)c1[nH]cc2ccccc12. The molecule has 0 fully saturated rings. The molecule has 1 heterocycles. The third-order valence-corrected chi connectivity index (χ3v) is 3.98. The molecule has 120 valence electrons. The summed E-state index contributed by atoms with van der Waals surface area (Å²) in [4.78, 5) is 29.6. The van der Waals surface area contributed by atoms with E-state index in [2.05, 4.69) is 9.98 Å². The van der Waals surface area contributed by atoms with Crippen molar-refractivity contribution in [2.75, 3.05) is 0 Å². The smallest absolute Gasteiger partial charge is 0.339 e. The van der Waals surface area contributed by atoms with E-state index in [1.54, 1.807) is 18.3 Å². The fourth-order valence-corrected chi connectivity index (χ4v) is 2.81. The summed E-state index contributed by atoms with van der Waals surface area (Å²) in [5, 5.41) is 11.3. The molecule has 0 aliphatic carbocycles. The van der Waals surface area contributed by atoms with E-state index in [0.717, 1.165) is 5.39 Å². The molecule has 2 N–H and O–H groups in total. The molecule has 1 aromatic heterocycles. The van der Waals surface area contributed by atoms with Crippen LogP contribution in [0.15, 0.2) is 59.7 Å². The van der Waals surface area contributed by atoms with Gasteiger partial charge in [0.25, 0.3) is 0 Å². The fourth-order valence-electron chi connectivity index (χ4n) is 2.81. The lowest BCUT2D eigenvalue weighted by Crippen LogP contribution is -2.36. The van der Waals surface area contributed by atoms with Crippen LogP contribution in [0, 0.1) is 5.82 Å². The molecule has 3 aromatic rings. The highest BCUT2D eigenvalue weighted by molar-refractivity contribution is 5.93. The lowest BCUT2D eigenvalue weighted by Gasteiger charge is -2.23. The van der Waals surface area contributed by atoms with E-state index in [4.69, 9.17) is 0 Å². The van der Waals surface area contributed by atoms with Crippen LogP contribution in [0.25, 0.3) is 10.8 Å². The van der Waals surface area contributed by atoms with Crippen LogP contribution < -0.4 is 0 Å². The summed E-state index contributed by atoms with van der Waals surface area (Å²) < 4.78 is 13.1. The largest absolute Gasteiger partial charge is 0.479 e. The number of rotatable bonds is 5. The Morgan fingerprint density at radius 1 is 1.21 bits per heavy atom. The number of hydrogen-bond acceptors (Lipinski definition) is 3. The van der Waals surface area contributed by atoms with Gasteiger partial charge < -0.3 is 10.1 Å². The second-order valence-electron chi connectivity index (χ2n) is 5.42. The molecule has 1 atom stereocenters. The number of aliphatic imine (C=N–C) groups is 1. The maximum absolute atomic E-state index is 13.1. The molecule has 0 aliphatic heterocycles. The number of carbonyl (C=O) groups excluding carboxylic acids is 1. The van der Waals surface area contributed by atoms with Crippen LogP contribution in [0.2, 0.25) is 0 Å². The van der Waals surface area contributed by atoms with Gasteiger partial charge in [-0.3, -0.25) is 0 Å². The van der Waals surface area contributed by atoms with Crippen LogP contribution in [-0.4, -0.2) is 22.1 Å². The molecule has 3 rings (SSSR count). The Morgan fingerprint density at radius 3 is 2.58 bits per heavy atom. The van der Waals surface area contributed by atoms with Gasteiger partial charge in [-0.2, -0.15) is 4.99 Å². The number of carbonyl (C=O) groups is 1. The Bertz CT molecular complexity index is 938. The second-order valence-corrected chi connectivity index (χ2v) is 5.42. The van der Waals surface area contributed by atoms with E-state index < -0.39 is 17.3 Å². The molecule has 0 bridgehead atoms. The number of aromatic amines is 1. The van der Waals surface area contributed by atoms with Crippen molar-refractivity contribution in [2.24, 2.45) is 4.99 Å². The number of nitrogens with one attached hydrogen (secondary N) is 1. The predicted molar refractivity (Wildman–Crippen MR) is 85.8 cm³/mol. The van der Waals surface area contributed by atoms with Crippen molar-refractivity contribution >= 4 is 22.8 Å². The van der Waals surface area contributed by atoms with E-state index in [1.165, 1.54) is 30.3 Å². The molecule has 24 heavy (non-hydrogen) atoms. The fraction of sp³-hybridized carbons (Fsp3) is 0.111. The van der Waals surface area contributed by atoms with Gasteiger partial charge in [0.1, 0.15) is 5.82 Å². The van der Waals surface area contributed by atoms with Gasteiger partial charge in [-0.15, -0.1) is 0 Å². The van der Waals surface area contributed by atoms with Gasteiger partial charge in [0.15, 0.2) is 0 Å². The van der Waals surface area contributed by atoms with Gasteiger partial charge in [0.2, 0.25) is 11.6 Å². The van der Waals surface area contributed by atoms with Crippen molar-refractivity contribution in [1.82, 2.24) is 4.98 Å². The summed E-state index contributed by atoms with van der Waals surface area (Å²) >= 11 is 0. The number of fused-ring (bicyclic) bond motifs is 1. The topological polar surface area (TPSA) is 82.5 Å². The van der Waals surface area contributed by atoms with Crippen LogP contribution in [-0.2, 0) is 21.5 Å². The molecule has 5 nitrogen and oxygen atoms in total. The van der Waals surface area contributed by atoms with Crippen LogP contribution in [0.4, 0.5) is 4.39 Å². The number of halogens is 1. The maximum Gasteiger partial charge on any atom is 0.339 e. The number of carboxylic acids is 1. The molecule has 0 amide bonds. The standard InChI is InChI=1S/C18H13FN2O3/c19-14-7-5-12(6-8-14)9-18(17(23)24,21-11-22)16-15-4-2-1-3-13(15)10-20-16/h1-8,10,20H,9H2,(H,23,24)/t18-/m1/s1. The van der Waals surface area contributed by atoms with Crippen LogP contribution in [0.5, 0.6) is 0 Å². The second kappa shape index (κ2) is 6.10. The first kappa shape index (κ1) is 15.6. The third-order valence-electron chi connectivity index (χ3n) is 3.98. The maximum atomic E-state index is 13.1.